The first kappa shape index (κ1) is 10.0. The number of nitrogens with two attached hydrogens (primary N) is 1. The van der Waals surface area contributed by atoms with E-state index in [2.05, 4.69) is 25.7 Å². The summed E-state index contributed by atoms with van der Waals surface area (Å²) in [5.41, 5.74) is 6.21. The second-order valence-corrected chi connectivity index (χ2v) is 4.16. The molecule has 0 unspecified atom stereocenters. The van der Waals surface area contributed by atoms with Crippen molar-refractivity contribution < 1.29 is 0 Å². The van der Waals surface area contributed by atoms with Gasteiger partial charge in [0.25, 0.3) is 0 Å². The third kappa shape index (κ3) is 1.50. The highest BCUT2D eigenvalue weighted by Gasteiger charge is 2.41. The second-order valence-electron chi connectivity index (χ2n) is 4.16. The molecule has 0 bridgehead atoms. The Hall–Kier alpha value is -0.0800. The zero-order chi connectivity index (χ0) is 9.19. The van der Waals surface area contributed by atoms with Crippen molar-refractivity contribution in [1.82, 2.24) is 4.90 Å². The van der Waals surface area contributed by atoms with Gasteiger partial charge in [0.05, 0.1) is 0 Å². The van der Waals surface area contributed by atoms with Gasteiger partial charge >= 0.3 is 0 Å². The minimum absolute atomic E-state index is 0.364. The highest BCUT2D eigenvalue weighted by atomic mass is 15.2. The van der Waals surface area contributed by atoms with Crippen molar-refractivity contribution in [1.29, 1.82) is 0 Å². The van der Waals surface area contributed by atoms with Crippen LogP contribution in [0.25, 0.3) is 0 Å². The van der Waals surface area contributed by atoms with Gasteiger partial charge in [0.1, 0.15) is 0 Å². The van der Waals surface area contributed by atoms with E-state index in [0.717, 1.165) is 13.1 Å². The van der Waals surface area contributed by atoms with Crippen molar-refractivity contribution in [2.75, 3.05) is 13.1 Å². The van der Waals surface area contributed by atoms with Crippen LogP contribution in [-0.4, -0.2) is 29.6 Å². The average molecular weight is 170 g/mol. The predicted octanol–water partition coefficient (Wildman–Crippen LogP) is 1.60. The zero-order valence-electron chi connectivity index (χ0n) is 8.64. The summed E-state index contributed by atoms with van der Waals surface area (Å²) in [6.07, 6.45) is 3.96. The van der Waals surface area contributed by atoms with Crippen molar-refractivity contribution in [3.05, 3.63) is 0 Å². The SMILES string of the molecule is CCN(C(C)C)C1(CN)CCC1. The topological polar surface area (TPSA) is 29.3 Å². The molecule has 0 amide bonds. The molecule has 0 aliphatic heterocycles. The molecule has 0 heterocycles. The summed E-state index contributed by atoms with van der Waals surface area (Å²) in [5, 5.41) is 0. The Kier molecular flexibility index (Phi) is 3.13. The minimum Gasteiger partial charge on any atom is -0.329 e. The van der Waals surface area contributed by atoms with E-state index in [-0.39, 0.29) is 0 Å². The third-order valence-corrected chi connectivity index (χ3v) is 3.24. The quantitative estimate of drug-likeness (QED) is 0.694. The lowest BCUT2D eigenvalue weighted by atomic mass is 9.74. The van der Waals surface area contributed by atoms with Crippen LogP contribution < -0.4 is 5.73 Å². The molecule has 0 saturated heterocycles. The van der Waals surface area contributed by atoms with Crippen molar-refractivity contribution >= 4 is 0 Å². The summed E-state index contributed by atoms with van der Waals surface area (Å²) >= 11 is 0. The fraction of sp³-hybridized carbons (Fsp3) is 1.00. The van der Waals surface area contributed by atoms with E-state index in [4.69, 9.17) is 5.73 Å². The van der Waals surface area contributed by atoms with E-state index >= 15 is 0 Å². The van der Waals surface area contributed by atoms with Gasteiger partial charge in [0.15, 0.2) is 0 Å². The standard InChI is InChI=1S/C10H22N2/c1-4-12(9(2)3)10(8-11)6-5-7-10/h9H,4-8,11H2,1-3H3. The van der Waals surface area contributed by atoms with Crippen LogP contribution in [0.1, 0.15) is 40.0 Å². The van der Waals surface area contributed by atoms with Crippen molar-refractivity contribution in [3.8, 4) is 0 Å². The van der Waals surface area contributed by atoms with Gasteiger partial charge in [-0.2, -0.15) is 0 Å². The fourth-order valence-corrected chi connectivity index (χ4v) is 2.44. The number of hydrogen-bond acceptors (Lipinski definition) is 2. The average Bonchev–Trinajstić information content (AvgIpc) is 1.95. The maximum absolute atomic E-state index is 5.84. The van der Waals surface area contributed by atoms with Crippen molar-refractivity contribution in [3.63, 3.8) is 0 Å². The van der Waals surface area contributed by atoms with Crippen molar-refractivity contribution in [2.45, 2.75) is 51.6 Å². The molecule has 2 nitrogen and oxygen atoms in total. The first-order chi connectivity index (χ1) is 5.66. The molecule has 1 fully saturated rings. The fourth-order valence-electron chi connectivity index (χ4n) is 2.44. The smallest absolute Gasteiger partial charge is 0.0334 e. The molecule has 1 aliphatic rings. The van der Waals surface area contributed by atoms with Gasteiger partial charge in [-0.3, -0.25) is 4.90 Å². The summed E-state index contributed by atoms with van der Waals surface area (Å²) in [5.74, 6) is 0. The molecule has 0 aromatic heterocycles. The van der Waals surface area contributed by atoms with Crippen LogP contribution in [0.3, 0.4) is 0 Å². The summed E-state index contributed by atoms with van der Waals surface area (Å²) in [7, 11) is 0. The molecule has 1 rings (SSSR count). The van der Waals surface area contributed by atoms with Crippen LogP contribution in [0, 0.1) is 0 Å². The van der Waals surface area contributed by atoms with Crippen LogP contribution in [0.15, 0.2) is 0 Å². The Morgan fingerprint density at radius 3 is 2.08 bits per heavy atom. The molecule has 1 saturated carbocycles. The van der Waals surface area contributed by atoms with E-state index in [0.29, 0.717) is 11.6 Å². The Bertz CT molecular complexity index is 133. The summed E-state index contributed by atoms with van der Waals surface area (Å²) < 4.78 is 0. The van der Waals surface area contributed by atoms with Crippen LogP contribution >= 0.6 is 0 Å². The van der Waals surface area contributed by atoms with Crippen LogP contribution in [0.5, 0.6) is 0 Å². The predicted molar refractivity (Wildman–Crippen MR) is 53.2 cm³/mol. The van der Waals surface area contributed by atoms with Gasteiger partial charge < -0.3 is 5.73 Å². The zero-order valence-corrected chi connectivity index (χ0v) is 8.64. The van der Waals surface area contributed by atoms with Gasteiger partial charge in [-0.25, -0.2) is 0 Å². The van der Waals surface area contributed by atoms with Gasteiger partial charge in [-0.1, -0.05) is 6.92 Å². The Balaban J connectivity index is 2.61. The van der Waals surface area contributed by atoms with E-state index in [1.54, 1.807) is 0 Å². The second kappa shape index (κ2) is 3.75. The number of rotatable bonds is 4. The summed E-state index contributed by atoms with van der Waals surface area (Å²) in [6, 6.07) is 0.638. The molecule has 0 atom stereocenters. The monoisotopic (exact) mass is 170 g/mol. The highest BCUT2D eigenvalue weighted by Crippen LogP contribution is 2.37. The van der Waals surface area contributed by atoms with Gasteiger partial charge in [0.2, 0.25) is 0 Å². The maximum Gasteiger partial charge on any atom is 0.0334 e. The molecule has 1 aliphatic carbocycles. The highest BCUT2D eigenvalue weighted by molar-refractivity contribution is 4.99. The number of nitrogens with zero attached hydrogens (tertiary/aromatic N) is 1. The molecule has 2 N–H and O–H groups in total. The van der Waals surface area contributed by atoms with E-state index < -0.39 is 0 Å². The molecule has 72 valence electrons. The molecule has 0 aromatic carbocycles. The summed E-state index contributed by atoms with van der Waals surface area (Å²) in [6.45, 7) is 8.72. The Morgan fingerprint density at radius 1 is 1.42 bits per heavy atom. The third-order valence-electron chi connectivity index (χ3n) is 3.24. The summed E-state index contributed by atoms with van der Waals surface area (Å²) in [4.78, 5) is 2.55. The molecule has 12 heavy (non-hydrogen) atoms. The van der Waals surface area contributed by atoms with Gasteiger partial charge in [0, 0.05) is 18.1 Å². The van der Waals surface area contributed by atoms with E-state index in [9.17, 15) is 0 Å². The minimum atomic E-state index is 0.364. The van der Waals surface area contributed by atoms with Crippen LogP contribution in [-0.2, 0) is 0 Å². The Morgan fingerprint density at radius 2 is 2.00 bits per heavy atom. The maximum atomic E-state index is 5.84. The van der Waals surface area contributed by atoms with Crippen molar-refractivity contribution in [2.24, 2.45) is 5.73 Å². The van der Waals surface area contributed by atoms with Crippen LogP contribution in [0.2, 0.25) is 0 Å². The molecule has 0 aromatic rings. The van der Waals surface area contributed by atoms with Gasteiger partial charge in [-0.05, 0) is 39.7 Å². The lowest BCUT2D eigenvalue weighted by molar-refractivity contribution is 0.00372. The molecule has 2 heteroatoms. The first-order valence-corrected chi connectivity index (χ1v) is 5.13. The normalized spacial score (nSPS) is 21.5. The number of hydrogen-bond donors (Lipinski definition) is 1. The largest absolute Gasteiger partial charge is 0.329 e. The van der Waals surface area contributed by atoms with Crippen LogP contribution in [0.4, 0.5) is 0 Å². The van der Waals surface area contributed by atoms with Gasteiger partial charge in [-0.15, -0.1) is 0 Å². The number of likely N-dealkylation sites (N-methyl/N-ethyl adjacent to an activating group) is 1. The van der Waals surface area contributed by atoms with E-state index in [1.165, 1.54) is 19.3 Å². The lowest BCUT2D eigenvalue weighted by Crippen LogP contribution is -2.60. The lowest BCUT2D eigenvalue weighted by Gasteiger charge is -2.51. The van der Waals surface area contributed by atoms with E-state index in [1.807, 2.05) is 0 Å². The molecular formula is C10H22N2. The molecule has 0 spiro atoms. The Labute approximate surface area is 76.1 Å². The molecule has 0 radical (unpaired) electrons. The molecular weight excluding hydrogens is 148 g/mol. The first-order valence-electron chi connectivity index (χ1n) is 5.13.